The summed E-state index contributed by atoms with van der Waals surface area (Å²) in [4.78, 5) is 18.1. The molecule has 37 heavy (non-hydrogen) atoms. The number of aromatic nitrogens is 2. The van der Waals surface area contributed by atoms with Crippen LogP contribution in [0, 0.1) is 4.77 Å². The summed E-state index contributed by atoms with van der Waals surface area (Å²) in [6.07, 6.45) is 1.29. The second-order valence-corrected chi connectivity index (χ2v) is 8.05. The molecule has 0 saturated heterocycles. The molecule has 0 aliphatic carbocycles. The van der Waals surface area contributed by atoms with E-state index in [1.807, 2.05) is 0 Å². The van der Waals surface area contributed by atoms with E-state index in [1.54, 1.807) is 88.1 Å². The van der Waals surface area contributed by atoms with Crippen molar-refractivity contribution in [1.82, 2.24) is 9.13 Å². The smallest absolute Gasteiger partial charge is 0.271 e. The van der Waals surface area contributed by atoms with Gasteiger partial charge in [0.2, 0.25) is 5.88 Å². The van der Waals surface area contributed by atoms with Crippen LogP contribution in [-0.2, 0) is 0 Å². The predicted molar refractivity (Wildman–Crippen MR) is 144 cm³/mol. The fourth-order valence-corrected chi connectivity index (χ4v) is 4.06. The van der Waals surface area contributed by atoms with Crippen LogP contribution in [0.1, 0.15) is 5.56 Å². The summed E-state index contributed by atoms with van der Waals surface area (Å²) in [6, 6.07) is 18.8. The molecule has 9 nitrogen and oxygen atoms in total. The zero-order valence-electron chi connectivity index (χ0n) is 20.7. The first-order chi connectivity index (χ1) is 17.9. The van der Waals surface area contributed by atoms with E-state index in [4.69, 9.17) is 31.2 Å². The highest BCUT2D eigenvalue weighted by Crippen LogP contribution is 2.32. The number of ether oxygens (including phenoxy) is 4. The van der Waals surface area contributed by atoms with E-state index < -0.39 is 5.56 Å². The van der Waals surface area contributed by atoms with Gasteiger partial charge in [0.1, 0.15) is 34.2 Å². The van der Waals surface area contributed by atoms with Crippen LogP contribution >= 0.6 is 12.2 Å². The zero-order valence-corrected chi connectivity index (χ0v) is 21.5. The molecule has 10 heteroatoms. The van der Waals surface area contributed by atoms with Crippen LogP contribution in [0.2, 0.25) is 0 Å². The molecule has 0 spiro atoms. The maximum atomic E-state index is 13.7. The van der Waals surface area contributed by atoms with Crippen LogP contribution in [0.4, 0.5) is 5.69 Å². The second-order valence-electron chi connectivity index (χ2n) is 7.69. The van der Waals surface area contributed by atoms with Crippen molar-refractivity contribution in [1.29, 1.82) is 0 Å². The summed E-state index contributed by atoms with van der Waals surface area (Å²) in [5.74, 6) is 1.92. The number of hydrogen-bond donors (Lipinski definition) is 1. The molecule has 0 aliphatic rings. The lowest BCUT2D eigenvalue weighted by Crippen LogP contribution is -2.27. The highest BCUT2D eigenvalue weighted by Gasteiger charge is 2.18. The fourth-order valence-electron chi connectivity index (χ4n) is 3.68. The van der Waals surface area contributed by atoms with Gasteiger partial charge in [-0.15, -0.1) is 0 Å². The van der Waals surface area contributed by atoms with E-state index in [1.165, 1.54) is 22.5 Å². The molecule has 0 atom stereocenters. The summed E-state index contributed by atoms with van der Waals surface area (Å²) in [5.41, 5.74) is 0.847. The molecule has 0 unspecified atom stereocenters. The van der Waals surface area contributed by atoms with E-state index in [0.717, 1.165) is 0 Å². The van der Waals surface area contributed by atoms with Crippen molar-refractivity contribution in [3.63, 3.8) is 0 Å². The Morgan fingerprint density at radius 1 is 0.757 bits per heavy atom. The van der Waals surface area contributed by atoms with Crippen molar-refractivity contribution in [2.45, 2.75) is 0 Å². The van der Waals surface area contributed by atoms with Crippen LogP contribution in [0.5, 0.6) is 28.9 Å². The third kappa shape index (κ3) is 5.05. The standard InChI is InChI=1S/C27H25N3O6S/c1-33-19-9-5-17(6-10-19)29-25(31)22(16-28-23-14-13-21(35-3)15-24(23)36-4)26(32)30(27(29)37)18-7-11-20(34-2)12-8-18/h5-16,31H,1-4H3. The van der Waals surface area contributed by atoms with Gasteiger partial charge < -0.3 is 24.1 Å². The van der Waals surface area contributed by atoms with Crippen LogP contribution in [0.3, 0.4) is 0 Å². The molecule has 1 N–H and O–H groups in total. The fraction of sp³-hybridized carbons (Fsp3) is 0.148. The van der Waals surface area contributed by atoms with Gasteiger partial charge in [0.15, 0.2) is 4.77 Å². The van der Waals surface area contributed by atoms with Gasteiger partial charge in [0, 0.05) is 12.3 Å². The summed E-state index contributed by atoms with van der Waals surface area (Å²) < 4.78 is 23.9. The quantitative estimate of drug-likeness (QED) is 0.263. The molecule has 190 valence electrons. The van der Waals surface area contributed by atoms with Gasteiger partial charge in [-0.2, -0.15) is 0 Å². The highest BCUT2D eigenvalue weighted by molar-refractivity contribution is 7.71. The van der Waals surface area contributed by atoms with Crippen molar-refractivity contribution >= 4 is 24.1 Å². The zero-order chi connectivity index (χ0) is 26.5. The van der Waals surface area contributed by atoms with Crippen molar-refractivity contribution in [2.75, 3.05) is 28.4 Å². The van der Waals surface area contributed by atoms with Gasteiger partial charge in [0.25, 0.3) is 5.56 Å². The Kier molecular flexibility index (Phi) is 7.59. The average molecular weight is 520 g/mol. The molecule has 0 radical (unpaired) electrons. The minimum Gasteiger partial charge on any atom is -0.497 e. The number of nitrogens with zero attached hydrogens (tertiary/aromatic N) is 3. The molecule has 4 aromatic rings. The number of methoxy groups -OCH3 is 4. The summed E-state index contributed by atoms with van der Waals surface area (Å²) >= 11 is 5.68. The van der Waals surface area contributed by atoms with E-state index in [0.29, 0.717) is 40.1 Å². The normalized spacial score (nSPS) is 10.9. The maximum absolute atomic E-state index is 13.7. The molecular weight excluding hydrogens is 494 g/mol. The van der Waals surface area contributed by atoms with Crippen molar-refractivity contribution < 1.29 is 24.1 Å². The SMILES string of the molecule is COc1ccc(-n2c(O)c(C=Nc3ccc(OC)cc3OC)c(=O)n(-c3ccc(OC)cc3)c2=S)cc1. The van der Waals surface area contributed by atoms with Gasteiger partial charge in [-0.1, -0.05) is 0 Å². The maximum Gasteiger partial charge on any atom is 0.271 e. The van der Waals surface area contributed by atoms with Gasteiger partial charge in [-0.3, -0.25) is 18.9 Å². The Balaban J connectivity index is 1.96. The summed E-state index contributed by atoms with van der Waals surface area (Å²) in [6.45, 7) is 0. The number of aromatic hydroxyl groups is 1. The first-order valence-corrected chi connectivity index (χ1v) is 11.5. The number of rotatable bonds is 8. The monoisotopic (exact) mass is 519 g/mol. The van der Waals surface area contributed by atoms with Crippen LogP contribution in [0.15, 0.2) is 76.5 Å². The minimum atomic E-state index is -0.548. The van der Waals surface area contributed by atoms with E-state index in [-0.39, 0.29) is 16.2 Å². The van der Waals surface area contributed by atoms with E-state index >= 15 is 0 Å². The van der Waals surface area contributed by atoms with E-state index in [2.05, 4.69) is 4.99 Å². The predicted octanol–water partition coefficient (Wildman–Crippen LogP) is 4.85. The van der Waals surface area contributed by atoms with Crippen LogP contribution in [-0.4, -0.2) is 48.9 Å². The van der Waals surface area contributed by atoms with Crippen molar-refractivity contribution in [3.05, 3.63) is 87.4 Å². The van der Waals surface area contributed by atoms with Crippen molar-refractivity contribution in [3.8, 4) is 40.3 Å². The van der Waals surface area contributed by atoms with Gasteiger partial charge in [0.05, 0.1) is 39.8 Å². The molecule has 1 heterocycles. The Morgan fingerprint density at radius 3 is 1.78 bits per heavy atom. The third-order valence-electron chi connectivity index (χ3n) is 5.65. The third-order valence-corrected chi connectivity index (χ3v) is 6.01. The molecule has 0 fully saturated rings. The number of benzene rings is 3. The first-order valence-electron chi connectivity index (χ1n) is 11.1. The Hall–Kier alpha value is -4.57. The molecular formula is C27H25N3O6S. The number of hydrogen-bond acceptors (Lipinski definition) is 8. The second kappa shape index (κ2) is 11.0. The molecule has 0 aliphatic heterocycles. The Bertz CT molecular complexity index is 1560. The summed E-state index contributed by atoms with van der Waals surface area (Å²) in [7, 11) is 6.17. The Labute approximate surface area is 218 Å². The van der Waals surface area contributed by atoms with Gasteiger partial charge in [-0.05, 0) is 72.9 Å². The topological polar surface area (TPSA) is 96.4 Å². The molecule has 3 aromatic carbocycles. The van der Waals surface area contributed by atoms with Crippen LogP contribution in [0.25, 0.3) is 11.4 Å². The first kappa shape index (κ1) is 25.5. The molecule has 4 rings (SSSR count). The highest BCUT2D eigenvalue weighted by atomic mass is 32.1. The number of aliphatic imine (C=N–C) groups is 1. The minimum absolute atomic E-state index is 0.0667. The molecule has 0 bridgehead atoms. The van der Waals surface area contributed by atoms with Gasteiger partial charge in [-0.25, -0.2) is 0 Å². The molecule has 0 saturated carbocycles. The van der Waals surface area contributed by atoms with E-state index in [9.17, 15) is 9.90 Å². The lowest BCUT2D eigenvalue weighted by atomic mass is 10.2. The van der Waals surface area contributed by atoms with Crippen LogP contribution < -0.4 is 24.5 Å². The average Bonchev–Trinajstić information content (AvgIpc) is 2.93. The van der Waals surface area contributed by atoms with Gasteiger partial charge >= 0.3 is 0 Å². The molecule has 0 amide bonds. The summed E-state index contributed by atoms with van der Waals surface area (Å²) in [5, 5.41) is 11.3. The molecule has 1 aromatic heterocycles. The van der Waals surface area contributed by atoms with Crippen molar-refractivity contribution in [2.24, 2.45) is 4.99 Å². The lowest BCUT2D eigenvalue weighted by molar-refractivity contribution is 0.395. The lowest BCUT2D eigenvalue weighted by Gasteiger charge is -2.17. The Morgan fingerprint density at radius 2 is 1.27 bits per heavy atom. The largest absolute Gasteiger partial charge is 0.497 e.